The number of unbranched alkanes of at least 4 members (excludes halogenated alkanes) is 1. The van der Waals surface area contributed by atoms with E-state index in [4.69, 9.17) is 16.7 Å². The summed E-state index contributed by atoms with van der Waals surface area (Å²) in [6.45, 7) is 4.96. The van der Waals surface area contributed by atoms with Gasteiger partial charge >= 0.3 is 0 Å². The Labute approximate surface area is 200 Å². The van der Waals surface area contributed by atoms with Crippen LogP contribution >= 0.6 is 11.6 Å². The highest BCUT2D eigenvalue weighted by Gasteiger charge is 2.11. The number of aryl methyl sites for hydroxylation is 1. The molecule has 1 amide bonds. The molecule has 0 aliphatic carbocycles. The molecule has 1 N–H and O–H groups in total. The number of nitrogens with zero attached hydrogens (tertiary/aromatic N) is 3. The highest BCUT2D eigenvalue weighted by molar-refractivity contribution is 6.30. The second-order valence-corrected chi connectivity index (χ2v) is 8.87. The molecule has 6 nitrogen and oxygen atoms in total. The van der Waals surface area contributed by atoms with Gasteiger partial charge < -0.3 is 10.2 Å². The van der Waals surface area contributed by atoms with Crippen LogP contribution in [0, 0.1) is 0 Å². The lowest BCUT2D eigenvalue weighted by atomic mass is 10.0. The minimum absolute atomic E-state index is 0.0496. The van der Waals surface area contributed by atoms with Crippen LogP contribution < -0.4 is 10.9 Å². The summed E-state index contributed by atoms with van der Waals surface area (Å²) in [7, 11) is 2.03. The van der Waals surface area contributed by atoms with Gasteiger partial charge in [-0.3, -0.25) is 9.59 Å². The van der Waals surface area contributed by atoms with E-state index in [9.17, 15) is 9.59 Å². The molecule has 0 aliphatic rings. The van der Waals surface area contributed by atoms with Crippen molar-refractivity contribution in [3.05, 3.63) is 75.2 Å². The number of hydrogen-bond acceptors (Lipinski definition) is 4. The second kappa shape index (κ2) is 12.5. The van der Waals surface area contributed by atoms with Crippen LogP contribution in [-0.2, 0) is 17.8 Å². The molecule has 7 heteroatoms. The van der Waals surface area contributed by atoms with E-state index in [1.807, 2.05) is 62.5 Å². The van der Waals surface area contributed by atoms with Crippen LogP contribution in [0.4, 0.5) is 0 Å². The first kappa shape index (κ1) is 24.9. The Morgan fingerprint density at radius 1 is 1.06 bits per heavy atom. The van der Waals surface area contributed by atoms with Crippen LogP contribution in [0.15, 0.2) is 53.3 Å². The summed E-state index contributed by atoms with van der Waals surface area (Å²) in [6.07, 6.45) is 3.88. The molecule has 33 heavy (non-hydrogen) atoms. The van der Waals surface area contributed by atoms with Crippen molar-refractivity contribution < 1.29 is 4.79 Å². The number of aromatic nitrogens is 2. The number of carbonyl (C=O) groups is 1. The van der Waals surface area contributed by atoms with Crippen molar-refractivity contribution in [2.45, 2.75) is 45.6 Å². The highest BCUT2D eigenvalue weighted by atomic mass is 35.5. The summed E-state index contributed by atoms with van der Waals surface area (Å²) in [4.78, 5) is 26.9. The molecule has 0 spiro atoms. The van der Waals surface area contributed by atoms with Gasteiger partial charge in [-0.05, 0) is 56.6 Å². The summed E-state index contributed by atoms with van der Waals surface area (Å²) in [5.41, 5.74) is 1.95. The molecule has 2 aromatic carbocycles. The fraction of sp³-hybridized carbons (Fsp3) is 0.423. The normalized spacial score (nSPS) is 11.3. The summed E-state index contributed by atoms with van der Waals surface area (Å²) < 4.78 is 1.60. The van der Waals surface area contributed by atoms with Gasteiger partial charge in [-0.15, -0.1) is 0 Å². The first-order valence-corrected chi connectivity index (χ1v) is 12.0. The molecule has 176 valence electrons. The second-order valence-electron chi connectivity index (χ2n) is 8.43. The average molecular weight is 469 g/mol. The van der Waals surface area contributed by atoms with Crippen LogP contribution in [0.25, 0.3) is 10.8 Å². The average Bonchev–Trinajstić information content (AvgIpc) is 2.83. The molecule has 1 heterocycles. The number of benzene rings is 2. The van der Waals surface area contributed by atoms with E-state index in [2.05, 4.69) is 10.2 Å². The standard InChI is InChI=1S/C26H33ClN4O2/c1-3-15-28-25(32)14-18-30(2)16-6-7-17-31-26(33)23-9-5-4-8-22(23)24(29-31)19-20-10-12-21(27)13-11-20/h4-5,8-13H,3,6-7,14-19H2,1-2H3,(H,28,32). The van der Waals surface area contributed by atoms with Gasteiger partial charge in [-0.2, -0.15) is 5.10 Å². The van der Waals surface area contributed by atoms with Crippen LogP contribution in [0.1, 0.15) is 43.9 Å². The zero-order chi connectivity index (χ0) is 23.6. The monoisotopic (exact) mass is 468 g/mol. The third-order valence-corrected chi connectivity index (χ3v) is 5.93. The van der Waals surface area contributed by atoms with Crippen LogP contribution in [0.2, 0.25) is 5.02 Å². The smallest absolute Gasteiger partial charge is 0.274 e. The van der Waals surface area contributed by atoms with Gasteiger partial charge in [0, 0.05) is 42.9 Å². The van der Waals surface area contributed by atoms with Crippen molar-refractivity contribution in [3.63, 3.8) is 0 Å². The maximum atomic E-state index is 13.0. The van der Waals surface area contributed by atoms with E-state index in [0.29, 0.717) is 29.8 Å². The summed E-state index contributed by atoms with van der Waals surface area (Å²) in [5.74, 6) is 0.101. The molecular weight excluding hydrogens is 436 g/mol. The summed E-state index contributed by atoms with van der Waals surface area (Å²) in [5, 5.41) is 9.93. The van der Waals surface area contributed by atoms with Crippen LogP contribution in [-0.4, -0.2) is 47.3 Å². The number of fused-ring (bicyclic) bond motifs is 1. The minimum Gasteiger partial charge on any atom is -0.356 e. The SMILES string of the molecule is CCCNC(=O)CCN(C)CCCCn1nc(Cc2ccc(Cl)cc2)c2ccccc2c1=O. The molecule has 0 atom stereocenters. The predicted molar refractivity (Wildman–Crippen MR) is 135 cm³/mol. The van der Waals surface area contributed by atoms with E-state index >= 15 is 0 Å². The van der Waals surface area contributed by atoms with Crippen molar-refractivity contribution in [2.24, 2.45) is 0 Å². The van der Waals surface area contributed by atoms with Crippen LogP contribution in [0.5, 0.6) is 0 Å². The molecule has 0 fully saturated rings. The number of rotatable bonds is 12. The Hall–Kier alpha value is -2.70. The maximum absolute atomic E-state index is 13.0. The molecule has 1 aromatic heterocycles. The lowest BCUT2D eigenvalue weighted by Gasteiger charge is -2.16. The van der Waals surface area contributed by atoms with E-state index in [1.54, 1.807) is 4.68 Å². The number of amides is 1. The fourth-order valence-electron chi connectivity index (χ4n) is 3.78. The Bertz CT molecular complexity index is 1110. The molecule has 0 saturated carbocycles. The predicted octanol–water partition coefficient (Wildman–Crippen LogP) is 4.27. The zero-order valence-electron chi connectivity index (χ0n) is 19.5. The van der Waals surface area contributed by atoms with Crippen LogP contribution in [0.3, 0.4) is 0 Å². The van der Waals surface area contributed by atoms with E-state index < -0.39 is 0 Å². The molecule has 0 bridgehead atoms. The van der Waals surface area contributed by atoms with Gasteiger partial charge in [0.25, 0.3) is 5.56 Å². The van der Waals surface area contributed by atoms with E-state index in [1.165, 1.54) is 0 Å². The number of nitrogens with one attached hydrogen (secondary N) is 1. The Morgan fingerprint density at radius 3 is 2.52 bits per heavy atom. The fourth-order valence-corrected chi connectivity index (χ4v) is 3.91. The van der Waals surface area contributed by atoms with Crippen molar-refractivity contribution in [3.8, 4) is 0 Å². The first-order valence-electron chi connectivity index (χ1n) is 11.7. The zero-order valence-corrected chi connectivity index (χ0v) is 20.3. The minimum atomic E-state index is -0.0496. The quantitative estimate of drug-likeness (QED) is 0.403. The van der Waals surface area contributed by atoms with Crippen molar-refractivity contribution in [1.29, 1.82) is 0 Å². The van der Waals surface area contributed by atoms with Gasteiger partial charge in [0.2, 0.25) is 5.91 Å². The van der Waals surface area contributed by atoms with Gasteiger partial charge in [0.05, 0.1) is 11.1 Å². The highest BCUT2D eigenvalue weighted by Crippen LogP contribution is 2.18. The van der Waals surface area contributed by atoms with Gasteiger partial charge in [0.15, 0.2) is 0 Å². The molecular formula is C26H33ClN4O2. The molecule has 3 rings (SSSR count). The third-order valence-electron chi connectivity index (χ3n) is 5.68. The van der Waals surface area contributed by atoms with Crippen molar-refractivity contribution in [2.75, 3.05) is 26.7 Å². The van der Waals surface area contributed by atoms with E-state index in [0.717, 1.165) is 55.5 Å². The molecule has 3 aromatic rings. The van der Waals surface area contributed by atoms with Gasteiger partial charge in [-0.25, -0.2) is 4.68 Å². The van der Waals surface area contributed by atoms with Crippen molar-refractivity contribution >= 4 is 28.3 Å². The molecule has 0 unspecified atom stereocenters. The Kier molecular flexibility index (Phi) is 9.46. The largest absolute Gasteiger partial charge is 0.356 e. The van der Waals surface area contributed by atoms with Gasteiger partial charge in [-0.1, -0.05) is 48.9 Å². The lowest BCUT2D eigenvalue weighted by Crippen LogP contribution is -2.30. The number of halogens is 1. The topological polar surface area (TPSA) is 67.2 Å². The number of hydrogen-bond donors (Lipinski definition) is 1. The Balaban J connectivity index is 1.61. The molecule has 0 radical (unpaired) electrons. The molecule has 0 saturated heterocycles. The number of carbonyl (C=O) groups excluding carboxylic acids is 1. The lowest BCUT2D eigenvalue weighted by molar-refractivity contribution is -0.121. The summed E-state index contributed by atoms with van der Waals surface area (Å²) >= 11 is 6.02. The van der Waals surface area contributed by atoms with Crippen molar-refractivity contribution in [1.82, 2.24) is 20.0 Å². The van der Waals surface area contributed by atoms with E-state index in [-0.39, 0.29) is 11.5 Å². The Morgan fingerprint density at radius 2 is 1.79 bits per heavy atom. The third kappa shape index (κ3) is 7.41. The maximum Gasteiger partial charge on any atom is 0.274 e. The first-order chi connectivity index (χ1) is 16.0. The molecule has 0 aliphatic heterocycles. The van der Waals surface area contributed by atoms with Gasteiger partial charge in [0.1, 0.15) is 0 Å². The summed E-state index contributed by atoms with van der Waals surface area (Å²) in [6, 6.07) is 15.4.